The number of methoxy groups -OCH3 is 1. The number of rotatable bonds is 3. The minimum absolute atomic E-state index is 0.119. The van der Waals surface area contributed by atoms with Gasteiger partial charge in [0.1, 0.15) is 30.8 Å². The first-order valence-corrected chi connectivity index (χ1v) is 8.67. The van der Waals surface area contributed by atoms with Crippen molar-refractivity contribution in [2.75, 3.05) is 26.8 Å². The Morgan fingerprint density at radius 3 is 2.72 bits per heavy atom. The number of hydrogen-bond donors (Lipinski definition) is 0. The summed E-state index contributed by atoms with van der Waals surface area (Å²) in [5, 5.41) is 7.73. The summed E-state index contributed by atoms with van der Waals surface area (Å²) in [5.74, 6) is 1.73. The number of piperidine rings is 1. The van der Waals surface area contributed by atoms with Crippen molar-refractivity contribution in [2.24, 2.45) is 5.92 Å². The van der Waals surface area contributed by atoms with Gasteiger partial charge < -0.3 is 18.9 Å². The molecule has 0 bridgehead atoms. The molecule has 3 heterocycles. The normalized spacial score (nSPS) is 20.7. The van der Waals surface area contributed by atoms with E-state index in [1.807, 2.05) is 27.7 Å². The summed E-state index contributed by atoms with van der Waals surface area (Å²) < 4.78 is 13.1. The molecule has 132 valence electrons. The average Bonchev–Trinajstić information content (AvgIpc) is 3.21. The number of benzene rings is 1. The Morgan fingerprint density at radius 1 is 1.24 bits per heavy atom. The van der Waals surface area contributed by atoms with Crippen molar-refractivity contribution < 1.29 is 14.3 Å². The van der Waals surface area contributed by atoms with Crippen LogP contribution in [0, 0.1) is 5.92 Å². The summed E-state index contributed by atoms with van der Waals surface area (Å²) in [5.41, 5.74) is 1.04. The van der Waals surface area contributed by atoms with Gasteiger partial charge in [0, 0.05) is 19.1 Å². The Kier molecular flexibility index (Phi) is 4.29. The fourth-order valence-corrected chi connectivity index (χ4v) is 3.70. The van der Waals surface area contributed by atoms with Crippen LogP contribution in [0.4, 0.5) is 0 Å². The summed E-state index contributed by atoms with van der Waals surface area (Å²) in [7, 11) is 1.65. The number of nitrogens with zero attached hydrogens (tertiary/aromatic N) is 4. The van der Waals surface area contributed by atoms with Gasteiger partial charge in [-0.15, -0.1) is 10.2 Å². The predicted octanol–water partition coefficient (Wildman–Crippen LogP) is 1.70. The maximum atomic E-state index is 12.9. The fraction of sp³-hybridized carbons (Fsp3) is 0.500. The second-order valence-electron chi connectivity index (χ2n) is 6.65. The van der Waals surface area contributed by atoms with Crippen molar-refractivity contribution in [2.45, 2.75) is 25.3 Å². The first-order chi connectivity index (χ1) is 12.2. The molecule has 4 rings (SSSR count). The zero-order valence-corrected chi connectivity index (χ0v) is 14.3. The Hall–Kier alpha value is -2.57. The molecule has 2 aliphatic rings. The summed E-state index contributed by atoms with van der Waals surface area (Å²) >= 11 is 0. The van der Waals surface area contributed by atoms with Gasteiger partial charge in [-0.2, -0.15) is 0 Å². The standard InChI is InChI=1S/C18H22N4O3/c1-24-16-2-3-17-13(9-16)8-14(10-25-17)18(23)21-6-4-15(5-7-21)22-11-19-20-12-22/h2-3,9,11-12,14-15H,4-8,10H2,1H3. The van der Waals surface area contributed by atoms with Crippen LogP contribution in [-0.4, -0.2) is 52.4 Å². The lowest BCUT2D eigenvalue weighted by Crippen LogP contribution is -2.45. The molecule has 7 nitrogen and oxygen atoms in total. The maximum absolute atomic E-state index is 12.9. The van der Waals surface area contributed by atoms with Crippen LogP contribution in [0.3, 0.4) is 0 Å². The number of fused-ring (bicyclic) bond motifs is 1. The topological polar surface area (TPSA) is 69.5 Å². The molecule has 0 saturated carbocycles. The van der Waals surface area contributed by atoms with E-state index in [1.165, 1.54) is 0 Å². The number of aromatic nitrogens is 3. The van der Waals surface area contributed by atoms with E-state index in [4.69, 9.17) is 9.47 Å². The molecule has 0 spiro atoms. The van der Waals surface area contributed by atoms with Crippen molar-refractivity contribution >= 4 is 5.91 Å². The molecule has 25 heavy (non-hydrogen) atoms. The van der Waals surface area contributed by atoms with Crippen molar-refractivity contribution in [3.8, 4) is 11.5 Å². The third kappa shape index (κ3) is 3.18. The Balaban J connectivity index is 1.39. The van der Waals surface area contributed by atoms with Gasteiger partial charge in [0.2, 0.25) is 5.91 Å². The number of carbonyl (C=O) groups is 1. The molecule has 0 radical (unpaired) electrons. The zero-order chi connectivity index (χ0) is 17.2. The first kappa shape index (κ1) is 15.9. The SMILES string of the molecule is COc1ccc2c(c1)CC(C(=O)N1CCC(n3cnnc3)CC1)CO2. The lowest BCUT2D eigenvalue weighted by molar-refractivity contribution is -0.138. The van der Waals surface area contributed by atoms with Gasteiger partial charge in [-0.1, -0.05) is 0 Å². The summed E-state index contributed by atoms with van der Waals surface area (Å²) in [6.07, 6.45) is 6.07. The predicted molar refractivity (Wildman–Crippen MR) is 90.6 cm³/mol. The van der Waals surface area contributed by atoms with Crippen LogP contribution in [0.25, 0.3) is 0 Å². The molecule has 1 atom stereocenters. The molecule has 1 amide bonds. The van der Waals surface area contributed by atoms with Gasteiger partial charge >= 0.3 is 0 Å². The Morgan fingerprint density at radius 2 is 2.00 bits per heavy atom. The molecule has 2 aliphatic heterocycles. The largest absolute Gasteiger partial charge is 0.497 e. The summed E-state index contributed by atoms with van der Waals surface area (Å²) in [4.78, 5) is 14.9. The molecule has 1 aromatic heterocycles. The molecule has 1 saturated heterocycles. The van der Waals surface area contributed by atoms with Crippen LogP contribution in [0.15, 0.2) is 30.9 Å². The van der Waals surface area contributed by atoms with E-state index in [-0.39, 0.29) is 11.8 Å². The van der Waals surface area contributed by atoms with Gasteiger partial charge in [0.25, 0.3) is 0 Å². The highest BCUT2D eigenvalue weighted by Gasteiger charge is 2.32. The monoisotopic (exact) mass is 342 g/mol. The number of likely N-dealkylation sites (tertiary alicyclic amines) is 1. The van der Waals surface area contributed by atoms with Gasteiger partial charge in [-0.05, 0) is 43.0 Å². The molecule has 7 heteroatoms. The van der Waals surface area contributed by atoms with Gasteiger partial charge in [-0.25, -0.2) is 0 Å². The highest BCUT2D eigenvalue weighted by atomic mass is 16.5. The quantitative estimate of drug-likeness (QED) is 0.849. The van der Waals surface area contributed by atoms with Crippen LogP contribution in [-0.2, 0) is 11.2 Å². The molecule has 1 fully saturated rings. The zero-order valence-electron chi connectivity index (χ0n) is 14.3. The lowest BCUT2D eigenvalue weighted by Gasteiger charge is -2.35. The molecule has 0 N–H and O–H groups in total. The number of hydrogen-bond acceptors (Lipinski definition) is 5. The molecule has 2 aromatic rings. The van der Waals surface area contributed by atoms with E-state index in [9.17, 15) is 4.79 Å². The van der Waals surface area contributed by atoms with Crippen molar-refractivity contribution in [3.63, 3.8) is 0 Å². The van der Waals surface area contributed by atoms with Gasteiger partial charge in [0.05, 0.1) is 13.0 Å². The molecule has 1 unspecified atom stereocenters. The second-order valence-corrected chi connectivity index (χ2v) is 6.65. The van der Waals surface area contributed by atoms with Gasteiger partial charge in [-0.3, -0.25) is 4.79 Å². The highest BCUT2D eigenvalue weighted by molar-refractivity contribution is 5.80. The van der Waals surface area contributed by atoms with E-state index >= 15 is 0 Å². The second kappa shape index (κ2) is 6.74. The lowest BCUT2D eigenvalue weighted by atomic mass is 9.94. The highest BCUT2D eigenvalue weighted by Crippen LogP contribution is 2.32. The number of ether oxygens (including phenoxy) is 2. The van der Waals surface area contributed by atoms with Crippen LogP contribution in [0.1, 0.15) is 24.4 Å². The van der Waals surface area contributed by atoms with Crippen LogP contribution >= 0.6 is 0 Å². The van der Waals surface area contributed by atoms with E-state index in [0.29, 0.717) is 19.1 Å². The molecular formula is C18H22N4O3. The van der Waals surface area contributed by atoms with Gasteiger partial charge in [0.15, 0.2) is 0 Å². The van der Waals surface area contributed by atoms with Crippen molar-refractivity contribution in [3.05, 3.63) is 36.4 Å². The summed E-state index contributed by atoms with van der Waals surface area (Å²) in [6.45, 7) is 1.98. The van der Waals surface area contributed by atoms with Crippen molar-refractivity contribution in [1.82, 2.24) is 19.7 Å². The Labute approximate surface area is 146 Å². The average molecular weight is 342 g/mol. The fourth-order valence-electron chi connectivity index (χ4n) is 3.70. The molecular weight excluding hydrogens is 320 g/mol. The third-order valence-corrected chi connectivity index (χ3v) is 5.16. The smallest absolute Gasteiger partial charge is 0.229 e. The van der Waals surface area contributed by atoms with Crippen LogP contribution in [0.2, 0.25) is 0 Å². The molecule has 0 aliphatic carbocycles. The van der Waals surface area contributed by atoms with E-state index in [1.54, 1.807) is 19.8 Å². The summed E-state index contributed by atoms with van der Waals surface area (Å²) in [6, 6.07) is 6.15. The first-order valence-electron chi connectivity index (χ1n) is 8.67. The number of amides is 1. The van der Waals surface area contributed by atoms with Crippen LogP contribution in [0.5, 0.6) is 11.5 Å². The van der Waals surface area contributed by atoms with E-state index in [0.717, 1.165) is 43.0 Å². The van der Waals surface area contributed by atoms with E-state index in [2.05, 4.69) is 10.2 Å². The van der Waals surface area contributed by atoms with Crippen LogP contribution < -0.4 is 9.47 Å². The maximum Gasteiger partial charge on any atom is 0.229 e. The van der Waals surface area contributed by atoms with E-state index < -0.39 is 0 Å². The molecule has 1 aromatic carbocycles. The number of carbonyl (C=O) groups excluding carboxylic acids is 1. The van der Waals surface area contributed by atoms with Crippen molar-refractivity contribution in [1.29, 1.82) is 0 Å². The minimum atomic E-state index is -0.119. The minimum Gasteiger partial charge on any atom is -0.497 e. The third-order valence-electron chi connectivity index (χ3n) is 5.16. The Bertz CT molecular complexity index is 739.